The molecule has 3 heterocycles. The maximum atomic E-state index is 13.7. The van der Waals surface area contributed by atoms with Gasteiger partial charge in [0.2, 0.25) is 4.75 Å². The Kier molecular flexibility index (Phi) is 6.12. The molecule has 170 valence electrons. The standard InChI is InChI=1S/C25H25N3O3S2/c1-2-31-23(30)25(22(29)26-18-13-7-8-14-19(18)33-25)21-20(17-11-5-3-6-12-17)27-24(32-21)28-15-9-4-10-16-28/h3,5-8,11-14H,2,4,9-10,15-16H2,1H3,(H,26,29). The lowest BCUT2D eigenvalue weighted by Crippen LogP contribution is -2.47. The van der Waals surface area contributed by atoms with Crippen LogP contribution in [0.5, 0.6) is 0 Å². The van der Waals surface area contributed by atoms with Crippen molar-refractivity contribution < 1.29 is 14.3 Å². The van der Waals surface area contributed by atoms with Crippen molar-refractivity contribution in [1.29, 1.82) is 0 Å². The van der Waals surface area contributed by atoms with Gasteiger partial charge in [0.1, 0.15) is 0 Å². The normalized spacial score (nSPS) is 20.2. The minimum Gasteiger partial charge on any atom is -0.464 e. The molecule has 0 radical (unpaired) electrons. The van der Waals surface area contributed by atoms with Gasteiger partial charge in [-0.1, -0.05) is 65.6 Å². The SMILES string of the molecule is CCOC(=O)C1(c2sc(N3CCCCC3)nc2-c2ccccc2)Sc2ccccc2NC1=O. The lowest BCUT2D eigenvalue weighted by atomic mass is 9.99. The number of nitrogens with one attached hydrogen (secondary N) is 1. The summed E-state index contributed by atoms with van der Waals surface area (Å²) in [6.07, 6.45) is 3.44. The number of aromatic nitrogens is 1. The quantitative estimate of drug-likeness (QED) is 0.395. The number of hydrogen-bond acceptors (Lipinski definition) is 7. The molecule has 5 rings (SSSR count). The van der Waals surface area contributed by atoms with Crippen molar-refractivity contribution in [2.24, 2.45) is 0 Å². The van der Waals surface area contributed by atoms with E-state index in [9.17, 15) is 9.59 Å². The molecule has 0 aliphatic carbocycles. The van der Waals surface area contributed by atoms with Crippen molar-refractivity contribution in [2.45, 2.75) is 35.8 Å². The second-order valence-electron chi connectivity index (χ2n) is 8.04. The summed E-state index contributed by atoms with van der Waals surface area (Å²) >= 11 is 2.68. The smallest absolute Gasteiger partial charge is 0.337 e. The van der Waals surface area contributed by atoms with E-state index in [1.807, 2.05) is 54.6 Å². The summed E-state index contributed by atoms with van der Waals surface area (Å²) in [5.74, 6) is -0.955. The fraction of sp³-hybridized carbons (Fsp3) is 0.320. The van der Waals surface area contributed by atoms with Crippen molar-refractivity contribution >= 4 is 45.8 Å². The molecular weight excluding hydrogens is 454 g/mol. The van der Waals surface area contributed by atoms with Crippen LogP contribution in [0.2, 0.25) is 0 Å². The Morgan fingerprint density at radius 2 is 1.82 bits per heavy atom. The highest BCUT2D eigenvalue weighted by Gasteiger charge is 2.56. The molecule has 1 atom stereocenters. The van der Waals surface area contributed by atoms with Crippen molar-refractivity contribution in [3.8, 4) is 11.3 Å². The summed E-state index contributed by atoms with van der Waals surface area (Å²) in [6.45, 7) is 3.80. The van der Waals surface area contributed by atoms with Crippen LogP contribution in [0.15, 0.2) is 59.5 Å². The van der Waals surface area contributed by atoms with Crippen LogP contribution >= 0.6 is 23.1 Å². The second kappa shape index (κ2) is 9.19. The Balaban J connectivity index is 1.71. The summed E-state index contributed by atoms with van der Waals surface area (Å²) < 4.78 is 3.95. The molecule has 1 saturated heterocycles. The Morgan fingerprint density at radius 1 is 1.09 bits per heavy atom. The molecule has 2 aliphatic rings. The van der Waals surface area contributed by atoms with Crippen LogP contribution < -0.4 is 10.2 Å². The number of fused-ring (bicyclic) bond motifs is 1. The summed E-state index contributed by atoms with van der Waals surface area (Å²) in [7, 11) is 0. The first kappa shape index (κ1) is 22.0. The van der Waals surface area contributed by atoms with E-state index in [-0.39, 0.29) is 6.61 Å². The number of esters is 1. The zero-order chi connectivity index (χ0) is 22.8. The Bertz CT molecular complexity index is 1170. The van der Waals surface area contributed by atoms with E-state index >= 15 is 0 Å². The molecule has 3 aromatic rings. The number of ether oxygens (including phenoxy) is 1. The predicted molar refractivity (Wildman–Crippen MR) is 133 cm³/mol. The summed E-state index contributed by atoms with van der Waals surface area (Å²) in [4.78, 5) is 36.0. The molecule has 1 amide bonds. The number of anilines is 2. The van der Waals surface area contributed by atoms with Gasteiger partial charge in [0, 0.05) is 23.5 Å². The number of carbonyl (C=O) groups excluding carboxylic acids is 2. The van der Waals surface area contributed by atoms with E-state index in [0.29, 0.717) is 16.3 Å². The maximum absolute atomic E-state index is 13.7. The van der Waals surface area contributed by atoms with Gasteiger partial charge in [-0.3, -0.25) is 4.79 Å². The minimum atomic E-state index is -1.57. The molecule has 1 aromatic heterocycles. The fourth-order valence-electron chi connectivity index (χ4n) is 4.25. The van der Waals surface area contributed by atoms with Gasteiger partial charge in [-0.2, -0.15) is 0 Å². The van der Waals surface area contributed by atoms with Gasteiger partial charge < -0.3 is 15.0 Å². The predicted octanol–water partition coefficient (Wildman–Crippen LogP) is 5.30. The van der Waals surface area contributed by atoms with Crippen LogP contribution in [-0.4, -0.2) is 36.6 Å². The van der Waals surface area contributed by atoms with Crippen LogP contribution in [0.1, 0.15) is 31.1 Å². The van der Waals surface area contributed by atoms with Crippen LogP contribution in [0.25, 0.3) is 11.3 Å². The second-order valence-corrected chi connectivity index (χ2v) is 10.3. The highest BCUT2D eigenvalue weighted by atomic mass is 32.2. The van der Waals surface area contributed by atoms with Crippen LogP contribution in [0.4, 0.5) is 10.8 Å². The molecule has 2 aromatic carbocycles. The van der Waals surface area contributed by atoms with E-state index in [2.05, 4.69) is 10.2 Å². The Labute approximate surface area is 201 Å². The molecule has 0 saturated carbocycles. The third-order valence-electron chi connectivity index (χ3n) is 5.89. The summed E-state index contributed by atoms with van der Waals surface area (Å²) in [6, 6.07) is 17.3. The van der Waals surface area contributed by atoms with Gasteiger partial charge in [-0.15, -0.1) is 0 Å². The Hall–Kier alpha value is -2.84. The zero-order valence-corrected chi connectivity index (χ0v) is 20.0. The first-order chi connectivity index (χ1) is 16.1. The molecule has 0 spiro atoms. The van der Waals surface area contributed by atoms with E-state index in [1.54, 1.807) is 6.92 Å². The molecule has 1 unspecified atom stereocenters. The molecule has 6 nitrogen and oxygen atoms in total. The van der Waals surface area contributed by atoms with Crippen LogP contribution in [0, 0.1) is 0 Å². The van der Waals surface area contributed by atoms with Crippen molar-refractivity contribution in [1.82, 2.24) is 4.98 Å². The largest absolute Gasteiger partial charge is 0.464 e. The van der Waals surface area contributed by atoms with Gasteiger partial charge >= 0.3 is 5.97 Å². The number of nitrogens with zero attached hydrogens (tertiary/aromatic N) is 2. The fourth-order valence-corrected chi connectivity index (χ4v) is 6.89. The highest BCUT2D eigenvalue weighted by molar-refractivity contribution is 8.02. The number of hydrogen-bond donors (Lipinski definition) is 1. The van der Waals surface area contributed by atoms with E-state index in [0.717, 1.165) is 41.5 Å². The van der Waals surface area contributed by atoms with Crippen molar-refractivity contribution in [3.63, 3.8) is 0 Å². The molecule has 0 bridgehead atoms. The number of rotatable bonds is 5. The van der Waals surface area contributed by atoms with E-state index < -0.39 is 16.6 Å². The third kappa shape index (κ3) is 3.91. The average molecular weight is 480 g/mol. The number of thioether (sulfide) groups is 1. The van der Waals surface area contributed by atoms with Crippen LogP contribution in [-0.2, 0) is 19.1 Å². The number of amides is 1. The number of thiazole rings is 1. The van der Waals surface area contributed by atoms with Crippen molar-refractivity contribution in [2.75, 3.05) is 29.9 Å². The first-order valence-corrected chi connectivity index (χ1v) is 12.8. The molecule has 2 aliphatic heterocycles. The Morgan fingerprint density at radius 3 is 2.58 bits per heavy atom. The van der Waals surface area contributed by atoms with E-state index in [1.165, 1.54) is 29.5 Å². The lowest BCUT2D eigenvalue weighted by molar-refractivity contribution is -0.149. The van der Waals surface area contributed by atoms with Gasteiger partial charge in [0.25, 0.3) is 5.91 Å². The number of para-hydroxylation sites is 1. The average Bonchev–Trinajstić information content (AvgIpc) is 3.31. The molecular formula is C25H25N3O3S2. The number of carbonyl (C=O) groups is 2. The maximum Gasteiger partial charge on any atom is 0.337 e. The monoisotopic (exact) mass is 479 g/mol. The highest BCUT2D eigenvalue weighted by Crippen LogP contribution is 2.54. The summed E-state index contributed by atoms with van der Waals surface area (Å²) in [5, 5.41) is 3.81. The third-order valence-corrected chi connectivity index (χ3v) is 8.69. The number of piperidine rings is 1. The van der Waals surface area contributed by atoms with Crippen molar-refractivity contribution in [3.05, 3.63) is 59.5 Å². The zero-order valence-electron chi connectivity index (χ0n) is 18.4. The molecule has 1 N–H and O–H groups in total. The van der Waals surface area contributed by atoms with E-state index in [4.69, 9.17) is 9.72 Å². The van der Waals surface area contributed by atoms with Gasteiger partial charge in [-0.05, 0) is 38.3 Å². The minimum absolute atomic E-state index is 0.189. The molecule has 33 heavy (non-hydrogen) atoms. The topological polar surface area (TPSA) is 71.5 Å². The van der Waals surface area contributed by atoms with Gasteiger partial charge in [0.05, 0.1) is 22.9 Å². The lowest BCUT2D eigenvalue weighted by Gasteiger charge is -2.33. The van der Waals surface area contributed by atoms with Crippen LogP contribution in [0.3, 0.4) is 0 Å². The first-order valence-electron chi connectivity index (χ1n) is 11.2. The van der Waals surface area contributed by atoms with Gasteiger partial charge in [-0.25, -0.2) is 9.78 Å². The molecule has 1 fully saturated rings. The number of benzene rings is 2. The summed E-state index contributed by atoms with van der Waals surface area (Å²) in [5.41, 5.74) is 2.24. The van der Waals surface area contributed by atoms with Gasteiger partial charge in [0.15, 0.2) is 5.13 Å². The molecule has 8 heteroatoms.